The fourth-order valence-corrected chi connectivity index (χ4v) is 1.85. The standard InChI is InChI=1S/C13H17N2O2/c16-10-12-17-11-9-15(8-4-7-14-15)13-5-2-1-3-6-13/h1-8,16H,9-12H2/q+1. The summed E-state index contributed by atoms with van der Waals surface area (Å²) in [5.41, 5.74) is 1.12. The molecule has 1 N–H and O–H groups in total. The van der Waals surface area contributed by atoms with Gasteiger partial charge in [0.2, 0.25) is 0 Å². The van der Waals surface area contributed by atoms with Crippen LogP contribution in [0.3, 0.4) is 0 Å². The van der Waals surface area contributed by atoms with Crippen LogP contribution in [0.4, 0.5) is 5.69 Å². The average molecular weight is 233 g/mol. The third-order valence-electron chi connectivity index (χ3n) is 2.71. The second-order valence-electron chi connectivity index (χ2n) is 3.83. The number of allylic oxidation sites excluding steroid dienone is 1. The van der Waals surface area contributed by atoms with Crippen molar-refractivity contribution in [2.45, 2.75) is 0 Å². The Morgan fingerprint density at radius 1 is 1.18 bits per heavy atom. The zero-order chi connectivity index (χ0) is 12.0. The van der Waals surface area contributed by atoms with Gasteiger partial charge in [0, 0.05) is 18.2 Å². The molecule has 0 radical (unpaired) electrons. The summed E-state index contributed by atoms with van der Waals surface area (Å²) in [5.74, 6) is 0. The summed E-state index contributed by atoms with van der Waals surface area (Å²) in [5, 5.41) is 13.2. The van der Waals surface area contributed by atoms with Crippen molar-refractivity contribution in [3.8, 4) is 0 Å². The second-order valence-corrected chi connectivity index (χ2v) is 3.83. The van der Waals surface area contributed by atoms with E-state index in [1.165, 1.54) is 0 Å². The molecule has 0 saturated carbocycles. The maximum atomic E-state index is 8.67. The molecule has 0 saturated heterocycles. The Labute approximate surface area is 101 Å². The quantitative estimate of drug-likeness (QED) is 0.598. The van der Waals surface area contributed by atoms with Crippen LogP contribution < -0.4 is 4.59 Å². The molecule has 1 aliphatic heterocycles. The van der Waals surface area contributed by atoms with E-state index in [0.717, 1.165) is 12.2 Å². The molecular formula is C13H17N2O2+. The summed E-state index contributed by atoms with van der Waals surface area (Å²) in [6.45, 7) is 1.74. The molecule has 0 spiro atoms. The molecule has 0 aliphatic carbocycles. The van der Waals surface area contributed by atoms with Crippen LogP contribution in [0.25, 0.3) is 0 Å². The Bertz CT molecular complexity index is 389. The van der Waals surface area contributed by atoms with E-state index in [4.69, 9.17) is 9.84 Å². The van der Waals surface area contributed by atoms with E-state index in [0.29, 0.717) is 17.8 Å². The predicted octanol–water partition coefficient (Wildman–Crippen LogP) is 1.52. The van der Waals surface area contributed by atoms with Crippen LogP contribution in [-0.4, -0.2) is 37.7 Å². The van der Waals surface area contributed by atoms with E-state index < -0.39 is 0 Å². The van der Waals surface area contributed by atoms with Crippen molar-refractivity contribution < 1.29 is 9.84 Å². The van der Waals surface area contributed by atoms with Crippen molar-refractivity contribution in [2.24, 2.45) is 5.10 Å². The van der Waals surface area contributed by atoms with E-state index >= 15 is 0 Å². The number of rotatable bonds is 6. The highest BCUT2D eigenvalue weighted by atomic mass is 16.5. The lowest BCUT2D eigenvalue weighted by Gasteiger charge is -2.25. The molecule has 1 heterocycles. The zero-order valence-corrected chi connectivity index (χ0v) is 9.70. The summed E-state index contributed by atoms with van der Waals surface area (Å²) in [6.07, 6.45) is 5.79. The molecule has 90 valence electrons. The second kappa shape index (κ2) is 5.72. The van der Waals surface area contributed by atoms with Gasteiger partial charge in [0.25, 0.3) is 0 Å². The van der Waals surface area contributed by atoms with Gasteiger partial charge in [0.05, 0.1) is 26.0 Å². The molecule has 4 nitrogen and oxygen atoms in total. The molecule has 1 unspecified atom stereocenters. The van der Waals surface area contributed by atoms with E-state index in [1.807, 2.05) is 30.5 Å². The smallest absolute Gasteiger partial charge is 0.164 e. The van der Waals surface area contributed by atoms with Gasteiger partial charge in [0.15, 0.2) is 5.69 Å². The van der Waals surface area contributed by atoms with E-state index in [9.17, 15) is 0 Å². The van der Waals surface area contributed by atoms with Crippen LogP contribution >= 0.6 is 0 Å². The molecule has 1 atom stereocenters. The van der Waals surface area contributed by atoms with Gasteiger partial charge in [-0.2, -0.15) is 0 Å². The van der Waals surface area contributed by atoms with Crippen molar-refractivity contribution >= 4 is 11.9 Å². The van der Waals surface area contributed by atoms with Gasteiger partial charge in [-0.05, 0) is 0 Å². The molecule has 1 aromatic carbocycles. The summed E-state index contributed by atoms with van der Waals surface area (Å²) in [4.78, 5) is 0. The average Bonchev–Trinajstić information content (AvgIpc) is 2.86. The lowest BCUT2D eigenvalue weighted by molar-refractivity contribution is 0.0828. The van der Waals surface area contributed by atoms with Gasteiger partial charge >= 0.3 is 0 Å². The molecule has 2 rings (SSSR count). The molecule has 0 bridgehead atoms. The van der Waals surface area contributed by atoms with E-state index in [1.54, 1.807) is 6.21 Å². The van der Waals surface area contributed by atoms with Crippen LogP contribution in [0.2, 0.25) is 0 Å². The minimum atomic E-state index is 0.0600. The van der Waals surface area contributed by atoms with Crippen molar-refractivity contribution in [2.75, 3.05) is 26.4 Å². The Balaban J connectivity index is 2.06. The fraction of sp³-hybridized carbons (Fsp3) is 0.308. The summed E-state index contributed by atoms with van der Waals surface area (Å²) >= 11 is 0. The number of quaternary nitrogens is 1. The van der Waals surface area contributed by atoms with Gasteiger partial charge in [0.1, 0.15) is 12.7 Å². The normalized spacial score (nSPS) is 22.2. The number of benzene rings is 1. The minimum Gasteiger partial charge on any atom is -0.394 e. The summed E-state index contributed by atoms with van der Waals surface area (Å²) in [6, 6.07) is 10.1. The van der Waals surface area contributed by atoms with Crippen molar-refractivity contribution in [3.63, 3.8) is 0 Å². The maximum absolute atomic E-state index is 8.67. The van der Waals surface area contributed by atoms with Gasteiger partial charge in [-0.3, -0.25) is 0 Å². The molecule has 1 aliphatic rings. The summed E-state index contributed by atoms with van der Waals surface area (Å²) in [7, 11) is 0. The predicted molar refractivity (Wildman–Crippen MR) is 68.6 cm³/mol. The number of para-hydroxylation sites is 1. The molecule has 4 heteroatoms. The Kier molecular flexibility index (Phi) is 4.03. The Morgan fingerprint density at radius 3 is 2.65 bits per heavy atom. The van der Waals surface area contributed by atoms with Crippen LogP contribution in [0.5, 0.6) is 0 Å². The van der Waals surface area contributed by atoms with Gasteiger partial charge in [-0.25, -0.2) is 0 Å². The minimum absolute atomic E-state index is 0.0600. The third-order valence-corrected chi connectivity index (χ3v) is 2.71. The first-order chi connectivity index (χ1) is 8.37. The van der Waals surface area contributed by atoms with Crippen LogP contribution in [-0.2, 0) is 4.74 Å². The van der Waals surface area contributed by atoms with Gasteiger partial charge in [-0.1, -0.05) is 23.3 Å². The lowest BCUT2D eigenvalue weighted by Crippen LogP contribution is -2.39. The molecule has 0 amide bonds. The first-order valence-corrected chi connectivity index (χ1v) is 5.73. The summed E-state index contributed by atoms with van der Waals surface area (Å²) < 4.78 is 5.75. The highest BCUT2D eigenvalue weighted by Gasteiger charge is 2.29. The van der Waals surface area contributed by atoms with Crippen LogP contribution in [0.15, 0.2) is 47.7 Å². The third kappa shape index (κ3) is 2.79. The maximum Gasteiger partial charge on any atom is 0.164 e. The number of aliphatic hydroxyl groups is 1. The molecule has 0 aromatic heterocycles. The first kappa shape index (κ1) is 12.0. The monoisotopic (exact) mass is 233 g/mol. The zero-order valence-electron chi connectivity index (χ0n) is 9.70. The number of aliphatic hydroxyl groups excluding tert-OH is 1. The van der Waals surface area contributed by atoms with Crippen LogP contribution in [0.1, 0.15) is 0 Å². The molecule has 0 fully saturated rings. The van der Waals surface area contributed by atoms with Crippen molar-refractivity contribution in [1.82, 2.24) is 4.59 Å². The van der Waals surface area contributed by atoms with E-state index in [-0.39, 0.29) is 6.61 Å². The van der Waals surface area contributed by atoms with Crippen molar-refractivity contribution in [3.05, 3.63) is 42.6 Å². The lowest BCUT2D eigenvalue weighted by atomic mass is 10.3. The van der Waals surface area contributed by atoms with Crippen LogP contribution in [0, 0.1) is 0 Å². The van der Waals surface area contributed by atoms with Gasteiger partial charge < -0.3 is 9.84 Å². The van der Waals surface area contributed by atoms with Crippen molar-refractivity contribution in [1.29, 1.82) is 0 Å². The molecule has 17 heavy (non-hydrogen) atoms. The fourth-order valence-electron chi connectivity index (χ4n) is 1.85. The van der Waals surface area contributed by atoms with E-state index in [2.05, 4.69) is 17.2 Å². The molecular weight excluding hydrogens is 216 g/mol. The number of hydrogen-bond acceptors (Lipinski definition) is 3. The topological polar surface area (TPSA) is 41.8 Å². The number of nitrogens with zero attached hydrogens (tertiary/aromatic N) is 2. The first-order valence-electron chi connectivity index (χ1n) is 5.73. The van der Waals surface area contributed by atoms with Gasteiger partial charge in [-0.15, -0.1) is 4.59 Å². The number of hydrogen-bond donors (Lipinski definition) is 1. The largest absolute Gasteiger partial charge is 0.394 e. The Hall–Kier alpha value is -1.49. The Morgan fingerprint density at radius 2 is 2.00 bits per heavy atom. The number of ether oxygens (including phenoxy) is 1. The highest BCUT2D eigenvalue weighted by molar-refractivity contribution is 5.75. The molecule has 1 aromatic rings. The SMILES string of the molecule is OCCOCC[N+]1(c2ccccc2)C=CC=N1. The highest BCUT2D eigenvalue weighted by Crippen LogP contribution is 2.26.